The van der Waals surface area contributed by atoms with Gasteiger partial charge in [-0.2, -0.15) is 0 Å². The Hall–Kier alpha value is -0.795. The number of aryl methyl sites for hydroxylation is 1. The van der Waals surface area contributed by atoms with E-state index in [0.29, 0.717) is 5.41 Å². The molecule has 2 bridgehead atoms. The average molecular weight is 298 g/mol. The van der Waals surface area contributed by atoms with E-state index in [1.54, 1.807) is 0 Å². The molecule has 1 heterocycles. The minimum Gasteiger partial charge on any atom is -0.403 e. The monoisotopic (exact) mass is 298 g/mol. The van der Waals surface area contributed by atoms with E-state index < -0.39 is 0 Å². The Morgan fingerprint density at radius 2 is 1.41 bits per heavy atom. The van der Waals surface area contributed by atoms with Crippen LogP contribution in [0.15, 0.2) is 24.3 Å². The van der Waals surface area contributed by atoms with Crippen molar-refractivity contribution in [2.45, 2.75) is 82.2 Å². The fourth-order valence-corrected chi connectivity index (χ4v) is 4.61. The molecule has 22 heavy (non-hydrogen) atoms. The SMILES string of the molecule is CCc1ccc(C23CC(B4OC(C)(C)C(C)(C)O4)(C2)C3)cc1. The van der Waals surface area contributed by atoms with Gasteiger partial charge >= 0.3 is 7.12 Å². The van der Waals surface area contributed by atoms with Crippen molar-refractivity contribution in [3.05, 3.63) is 35.4 Å². The van der Waals surface area contributed by atoms with E-state index in [4.69, 9.17) is 9.31 Å². The molecule has 118 valence electrons. The molecule has 0 radical (unpaired) electrons. The molecular weight excluding hydrogens is 271 g/mol. The lowest BCUT2D eigenvalue weighted by atomic mass is 9.23. The Kier molecular flexibility index (Phi) is 2.81. The Labute approximate surface area is 134 Å². The van der Waals surface area contributed by atoms with Crippen LogP contribution in [0, 0.1) is 0 Å². The smallest absolute Gasteiger partial charge is 0.403 e. The summed E-state index contributed by atoms with van der Waals surface area (Å²) in [5.74, 6) is 0. The third-order valence-electron chi connectivity index (χ3n) is 6.80. The largest absolute Gasteiger partial charge is 0.464 e. The molecule has 0 atom stereocenters. The van der Waals surface area contributed by atoms with Gasteiger partial charge in [0.1, 0.15) is 0 Å². The molecule has 0 unspecified atom stereocenters. The molecule has 1 saturated heterocycles. The van der Waals surface area contributed by atoms with Crippen LogP contribution in [0.25, 0.3) is 0 Å². The zero-order chi connectivity index (χ0) is 15.8. The normalized spacial score (nSPS) is 37.6. The van der Waals surface area contributed by atoms with Gasteiger partial charge in [0.25, 0.3) is 0 Å². The quantitative estimate of drug-likeness (QED) is 0.764. The second-order valence-corrected chi connectivity index (χ2v) is 8.81. The summed E-state index contributed by atoms with van der Waals surface area (Å²) in [5, 5.41) is 0.272. The molecular formula is C19H27BO2. The molecule has 0 aromatic heterocycles. The Morgan fingerprint density at radius 1 is 0.909 bits per heavy atom. The molecule has 4 fully saturated rings. The molecule has 1 aliphatic heterocycles. The van der Waals surface area contributed by atoms with E-state index in [-0.39, 0.29) is 23.6 Å². The highest BCUT2D eigenvalue weighted by atomic mass is 16.7. The minimum absolute atomic E-state index is 0.0192. The van der Waals surface area contributed by atoms with E-state index in [2.05, 4.69) is 58.9 Å². The van der Waals surface area contributed by atoms with Crippen molar-refractivity contribution < 1.29 is 9.31 Å². The Morgan fingerprint density at radius 3 is 1.86 bits per heavy atom. The number of benzene rings is 1. The van der Waals surface area contributed by atoms with Crippen LogP contribution in [-0.4, -0.2) is 18.3 Å². The molecule has 1 aromatic carbocycles. The summed E-state index contributed by atoms with van der Waals surface area (Å²) in [7, 11) is -0.0192. The summed E-state index contributed by atoms with van der Waals surface area (Å²) in [6.45, 7) is 10.8. The molecule has 3 saturated carbocycles. The van der Waals surface area contributed by atoms with Crippen LogP contribution in [-0.2, 0) is 21.1 Å². The highest BCUT2D eigenvalue weighted by Gasteiger charge is 2.76. The number of hydrogen-bond donors (Lipinski definition) is 0. The zero-order valence-electron chi connectivity index (χ0n) is 14.5. The Balaban J connectivity index is 1.48. The van der Waals surface area contributed by atoms with E-state index in [9.17, 15) is 0 Å². The first kappa shape index (κ1) is 14.8. The summed E-state index contributed by atoms with van der Waals surface area (Å²) >= 11 is 0. The molecule has 3 aliphatic carbocycles. The molecule has 5 rings (SSSR count). The second-order valence-electron chi connectivity index (χ2n) is 8.81. The van der Waals surface area contributed by atoms with Crippen molar-refractivity contribution in [3.8, 4) is 0 Å². The number of hydrogen-bond acceptors (Lipinski definition) is 2. The van der Waals surface area contributed by atoms with Crippen LogP contribution in [0.2, 0.25) is 5.31 Å². The van der Waals surface area contributed by atoms with Gasteiger partial charge in [-0.05, 0) is 69.9 Å². The predicted molar refractivity (Wildman–Crippen MR) is 90.1 cm³/mol. The highest BCUT2D eigenvalue weighted by Crippen LogP contribution is 2.80. The first-order valence-corrected chi connectivity index (χ1v) is 8.67. The summed E-state index contributed by atoms with van der Waals surface area (Å²) in [6, 6.07) is 9.26. The van der Waals surface area contributed by atoms with Gasteiger partial charge < -0.3 is 9.31 Å². The molecule has 2 nitrogen and oxygen atoms in total. The van der Waals surface area contributed by atoms with E-state index in [0.717, 1.165) is 6.42 Å². The maximum absolute atomic E-state index is 6.30. The summed E-state index contributed by atoms with van der Waals surface area (Å²) in [6.07, 6.45) is 4.79. The summed E-state index contributed by atoms with van der Waals surface area (Å²) in [5.41, 5.74) is 2.95. The summed E-state index contributed by atoms with van der Waals surface area (Å²) in [4.78, 5) is 0. The van der Waals surface area contributed by atoms with E-state index in [1.807, 2.05) is 0 Å². The predicted octanol–water partition coefficient (Wildman–Crippen LogP) is 4.52. The van der Waals surface area contributed by atoms with Gasteiger partial charge in [-0.15, -0.1) is 0 Å². The van der Waals surface area contributed by atoms with Crippen molar-refractivity contribution in [1.29, 1.82) is 0 Å². The maximum Gasteiger partial charge on any atom is 0.464 e. The van der Waals surface area contributed by atoms with Crippen LogP contribution in [0.1, 0.15) is 65.0 Å². The van der Waals surface area contributed by atoms with Crippen molar-refractivity contribution in [3.63, 3.8) is 0 Å². The third-order valence-corrected chi connectivity index (χ3v) is 6.80. The van der Waals surface area contributed by atoms with Crippen LogP contribution in [0.5, 0.6) is 0 Å². The van der Waals surface area contributed by atoms with Gasteiger partial charge in [0.2, 0.25) is 0 Å². The lowest BCUT2D eigenvalue weighted by Gasteiger charge is -2.71. The lowest BCUT2D eigenvalue weighted by molar-refractivity contribution is -0.0383. The minimum atomic E-state index is -0.205. The van der Waals surface area contributed by atoms with Gasteiger partial charge in [-0.25, -0.2) is 0 Å². The third kappa shape index (κ3) is 1.76. The molecule has 1 aromatic rings. The van der Waals surface area contributed by atoms with Gasteiger partial charge in [0.15, 0.2) is 0 Å². The molecule has 3 heteroatoms. The fraction of sp³-hybridized carbons (Fsp3) is 0.684. The zero-order valence-corrected chi connectivity index (χ0v) is 14.5. The topological polar surface area (TPSA) is 18.5 Å². The molecule has 0 amide bonds. The van der Waals surface area contributed by atoms with Crippen LogP contribution >= 0.6 is 0 Å². The van der Waals surface area contributed by atoms with Crippen LogP contribution in [0.3, 0.4) is 0 Å². The van der Waals surface area contributed by atoms with Crippen LogP contribution in [0.4, 0.5) is 0 Å². The highest BCUT2D eigenvalue weighted by molar-refractivity contribution is 6.51. The van der Waals surface area contributed by atoms with Gasteiger partial charge in [-0.1, -0.05) is 31.2 Å². The lowest BCUT2D eigenvalue weighted by Crippen LogP contribution is -2.66. The van der Waals surface area contributed by atoms with Crippen molar-refractivity contribution >= 4 is 7.12 Å². The molecule has 0 spiro atoms. The molecule has 4 aliphatic rings. The molecule has 0 N–H and O–H groups in total. The number of rotatable bonds is 3. The van der Waals surface area contributed by atoms with E-state index in [1.165, 1.54) is 30.4 Å². The Bertz CT molecular complexity index is 567. The summed E-state index contributed by atoms with van der Waals surface area (Å²) < 4.78 is 12.6. The average Bonchev–Trinajstić information content (AvgIpc) is 2.56. The van der Waals surface area contributed by atoms with Crippen molar-refractivity contribution in [2.75, 3.05) is 0 Å². The van der Waals surface area contributed by atoms with Gasteiger partial charge in [0.05, 0.1) is 11.2 Å². The van der Waals surface area contributed by atoms with E-state index >= 15 is 0 Å². The maximum atomic E-state index is 6.30. The fourth-order valence-electron chi connectivity index (χ4n) is 4.61. The second kappa shape index (κ2) is 4.18. The van der Waals surface area contributed by atoms with Gasteiger partial charge in [0, 0.05) is 5.31 Å². The first-order chi connectivity index (χ1) is 10.2. The van der Waals surface area contributed by atoms with Crippen LogP contribution < -0.4 is 0 Å². The standard InChI is InChI=1S/C19H27BO2/c1-6-14-7-9-15(10-8-14)18-11-19(12-18,13-18)20-21-16(2,3)17(4,5)22-20/h7-10H,6,11-13H2,1-5H3. The van der Waals surface area contributed by atoms with Crippen molar-refractivity contribution in [2.24, 2.45) is 0 Å². The first-order valence-electron chi connectivity index (χ1n) is 8.67. The van der Waals surface area contributed by atoms with Crippen molar-refractivity contribution in [1.82, 2.24) is 0 Å². The van der Waals surface area contributed by atoms with Gasteiger partial charge in [-0.3, -0.25) is 0 Å².